The molecule has 1 aliphatic carbocycles. The van der Waals surface area contributed by atoms with Gasteiger partial charge in [0.2, 0.25) is 0 Å². The van der Waals surface area contributed by atoms with Gasteiger partial charge in [-0.3, -0.25) is 0 Å². The maximum atomic E-state index is 5.77. The molecule has 0 radical (unpaired) electrons. The molecule has 0 saturated carbocycles. The van der Waals surface area contributed by atoms with Crippen LogP contribution in [0.15, 0.2) is 36.0 Å². The highest BCUT2D eigenvalue weighted by Crippen LogP contribution is 2.25. The van der Waals surface area contributed by atoms with Gasteiger partial charge >= 0.3 is 0 Å². The summed E-state index contributed by atoms with van der Waals surface area (Å²) in [5, 5.41) is 0. The Balaban J connectivity index is 1.81. The van der Waals surface area contributed by atoms with Gasteiger partial charge in [-0.05, 0) is 55.7 Å². The number of benzene rings is 1. The number of hydrogen-bond donors (Lipinski definition) is 2. The smallest absolute Gasteiger partial charge is 0.0314 e. The van der Waals surface area contributed by atoms with Gasteiger partial charge in [0.05, 0.1) is 0 Å². The van der Waals surface area contributed by atoms with Gasteiger partial charge in [0.1, 0.15) is 0 Å². The van der Waals surface area contributed by atoms with E-state index in [0.717, 1.165) is 36.6 Å². The van der Waals surface area contributed by atoms with E-state index in [1.165, 1.54) is 18.4 Å². The second-order valence-corrected chi connectivity index (χ2v) is 4.70. The summed E-state index contributed by atoms with van der Waals surface area (Å²) in [6, 6.07) is 8.22. The van der Waals surface area contributed by atoms with Crippen molar-refractivity contribution < 1.29 is 0 Å². The summed E-state index contributed by atoms with van der Waals surface area (Å²) in [6.45, 7) is 0. The summed E-state index contributed by atoms with van der Waals surface area (Å²) in [5.41, 5.74) is 14.7. The molecular formula is C14H20N2. The van der Waals surface area contributed by atoms with Crippen LogP contribution in [-0.4, -0.2) is 0 Å². The first-order valence-electron chi connectivity index (χ1n) is 6.03. The highest BCUT2D eigenvalue weighted by molar-refractivity contribution is 5.39. The van der Waals surface area contributed by atoms with E-state index in [0.29, 0.717) is 0 Å². The molecule has 16 heavy (non-hydrogen) atoms. The Morgan fingerprint density at radius 2 is 1.88 bits per heavy atom. The topological polar surface area (TPSA) is 52.0 Å². The van der Waals surface area contributed by atoms with Crippen molar-refractivity contribution in [3.8, 4) is 0 Å². The molecule has 2 rings (SSSR count). The summed E-state index contributed by atoms with van der Waals surface area (Å²) in [7, 11) is 0. The Morgan fingerprint density at radius 3 is 2.50 bits per heavy atom. The second-order valence-electron chi connectivity index (χ2n) is 4.70. The van der Waals surface area contributed by atoms with Crippen LogP contribution in [0.3, 0.4) is 0 Å². The molecular weight excluding hydrogens is 196 g/mol. The minimum atomic E-state index is 0.810. The molecule has 0 aliphatic heterocycles. The average molecular weight is 216 g/mol. The lowest BCUT2D eigenvalue weighted by Gasteiger charge is -2.19. The average Bonchev–Trinajstić information content (AvgIpc) is 2.30. The number of aryl methyl sites for hydroxylation is 1. The lowest BCUT2D eigenvalue weighted by molar-refractivity contribution is 0.436. The molecule has 0 spiro atoms. The maximum absolute atomic E-state index is 5.77. The monoisotopic (exact) mass is 216 g/mol. The highest BCUT2D eigenvalue weighted by atomic mass is 14.6. The van der Waals surface area contributed by atoms with Crippen molar-refractivity contribution in [3.05, 3.63) is 41.6 Å². The van der Waals surface area contributed by atoms with Gasteiger partial charge in [0.25, 0.3) is 0 Å². The van der Waals surface area contributed by atoms with Crippen LogP contribution >= 0.6 is 0 Å². The summed E-state index contributed by atoms with van der Waals surface area (Å²) in [5.74, 6) is 0.810. The van der Waals surface area contributed by atoms with E-state index in [9.17, 15) is 0 Å². The van der Waals surface area contributed by atoms with Crippen LogP contribution in [0.1, 0.15) is 31.2 Å². The molecule has 1 aliphatic rings. The van der Waals surface area contributed by atoms with Crippen LogP contribution in [0.4, 0.5) is 5.69 Å². The zero-order valence-corrected chi connectivity index (χ0v) is 9.65. The molecule has 2 heteroatoms. The van der Waals surface area contributed by atoms with Crippen LogP contribution in [-0.2, 0) is 6.42 Å². The molecule has 86 valence electrons. The minimum absolute atomic E-state index is 0.810. The van der Waals surface area contributed by atoms with E-state index in [4.69, 9.17) is 11.5 Å². The Bertz CT molecular complexity index is 365. The number of anilines is 1. The predicted octanol–water partition coefficient (Wildman–Crippen LogP) is 2.84. The third-order valence-corrected chi connectivity index (χ3v) is 3.38. The SMILES string of the molecule is NC1=CCC(CCc2ccc(N)cc2)CC1. The lowest BCUT2D eigenvalue weighted by atomic mass is 9.88. The molecule has 1 aromatic carbocycles. The van der Waals surface area contributed by atoms with Crippen LogP contribution < -0.4 is 11.5 Å². The quantitative estimate of drug-likeness (QED) is 0.763. The Kier molecular flexibility index (Phi) is 3.50. The summed E-state index contributed by atoms with van der Waals surface area (Å²) in [4.78, 5) is 0. The minimum Gasteiger partial charge on any atom is -0.402 e. The summed E-state index contributed by atoms with van der Waals surface area (Å²) in [6.07, 6.45) is 8.08. The van der Waals surface area contributed by atoms with E-state index < -0.39 is 0 Å². The molecule has 0 aromatic heterocycles. The van der Waals surface area contributed by atoms with E-state index in [-0.39, 0.29) is 0 Å². The normalized spacial score (nSPS) is 20.5. The van der Waals surface area contributed by atoms with Crippen LogP contribution in [0, 0.1) is 5.92 Å². The first kappa shape index (κ1) is 11.1. The van der Waals surface area contributed by atoms with Gasteiger partial charge in [0, 0.05) is 11.4 Å². The fourth-order valence-corrected chi connectivity index (χ4v) is 2.23. The van der Waals surface area contributed by atoms with Crippen molar-refractivity contribution in [2.24, 2.45) is 11.7 Å². The number of rotatable bonds is 3. The fourth-order valence-electron chi connectivity index (χ4n) is 2.23. The summed E-state index contributed by atoms with van der Waals surface area (Å²) < 4.78 is 0. The van der Waals surface area contributed by atoms with E-state index in [1.54, 1.807) is 0 Å². The first-order chi connectivity index (χ1) is 7.74. The molecule has 0 bridgehead atoms. The molecule has 1 unspecified atom stereocenters. The molecule has 0 heterocycles. The van der Waals surface area contributed by atoms with Crippen molar-refractivity contribution >= 4 is 5.69 Å². The number of allylic oxidation sites excluding steroid dienone is 2. The lowest BCUT2D eigenvalue weighted by Crippen LogP contribution is -2.10. The molecule has 1 aromatic rings. The highest BCUT2D eigenvalue weighted by Gasteiger charge is 2.12. The number of nitrogen functional groups attached to an aromatic ring is 1. The van der Waals surface area contributed by atoms with Crippen LogP contribution in [0.25, 0.3) is 0 Å². The van der Waals surface area contributed by atoms with Crippen molar-refractivity contribution in [2.45, 2.75) is 32.1 Å². The molecule has 0 amide bonds. The van der Waals surface area contributed by atoms with Gasteiger partial charge in [-0.15, -0.1) is 0 Å². The van der Waals surface area contributed by atoms with Gasteiger partial charge in [-0.1, -0.05) is 18.2 Å². The van der Waals surface area contributed by atoms with Gasteiger partial charge in [-0.25, -0.2) is 0 Å². The fraction of sp³-hybridized carbons (Fsp3) is 0.429. The molecule has 0 saturated heterocycles. The predicted molar refractivity (Wildman–Crippen MR) is 68.8 cm³/mol. The first-order valence-corrected chi connectivity index (χ1v) is 6.03. The summed E-state index contributed by atoms with van der Waals surface area (Å²) >= 11 is 0. The number of hydrogen-bond acceptors (Lipinski definition) is 2. The molecule has 0 fully saturated rings. The van der Waals surface area contributed by atoms with Crippen molar-refractivity contribution in [3.63, 3.8) is 0 Å². The Morgan fingerprint density at radius 1 is 1.12 bits per heavy atom. The van der Waals surface area contributed by atoms with Crippen LogP contribution in [0.5, 0.6) is 0 Å². The van der Waals surface area contributed by atoms with Gasteiger partial charge in [-0.2, -0.15) is 0 Å². The Hall–Kier alpha value is -1.44. The van der Waals surface area contributed by atoms with Crippen molar-refractivity contribution in [2.75, 3.05) is 5.73 Å². The zero-order valence-electron chi connectivity index (χ0n) is 9.65. The third-order valence-electron chi connectivity index (χ3n) is 3.38. The third kappa shape index (κ3) is 3.02. The van der Waals surface area contributed by atoms with Crippen molar-refractivity contribution in [1.82, 2.24) is 0 Å². The molecule has 1 atom stereocenters. The zero-order chi connectivity index (χ0) is 11.4. The van der Waals surface area contributed by atoms with Gasteiger partial charge in [0.15, 0.2) is 0 Å². The van der Waals surface area contributed by atoms with Gasteiger partial charge < -0.3 is 11.5 Å². The standard InChI is InChI=1S/C14H20N2/c15-13-7-3-11(4-8-13)1-2-12-5-9-14(16)10-6-12/h3-4,7-9,12H,1-2,5-6,10,15-16H2. The molecule has 4 N–H and O–H groups in total. The van der Waals surface area contributed by atoms with E-state index >= 15 is 0 Å². The Labute approximate surface area is 97.3 Å². The van der Waals surface area contributed by atoms with E-state index in [1.807, 2.05) is 12.1 Å². The number of nitrogens with two attached hydrogens (primary N) is 2. The second kappa shape index (κ2) is 5.06. The maximum Gasteiger partial charge on any atom is 0.0314 e. The molecule has 2 nitrogen and oxygen atoms in total. The van der Waals surface area contributed by atoms with Crippen LogP contribution in [0.2, 0.25) is 0 Å². The largest absolute Gasteiger partial charge is 0.402 e. The van der Waals surface area contributed by atoms with Crippen molar-refractivity contribution in [1.29, 1.82) is 0 Å². The van der Waals surface area contributed by atoms with E-state index in [2.05, 4.69) is 18.2 Å².